The van der Waals surface area contributed by atoms with Gasteiger partial charge in [0, 0.05) is 40.8 Å². The molecule has 0 fully saturated rings. The van der Waals surface area contributed by atoms with Gasteiger partial charge in [-0.25, -0.2) is 0 Å². The monoisotopic (exact) mass is 431 g/mol. The zero-order valence-corrected chi connectivity index (χ0v) is 19.5. The molecule has 168 valence electrons. The first-order valence-electron chi connectivity index (χ1n) is 11.7. The molecule has 3 aromatic rings. The minimum absolute atomic E-state index is 0.0545. The van der Waals surface area contributed by atoms with Crippen LogP contribution in [0.1, 0.15) is 72.8 Å². The van der Waals surface area contributed by atoms with Gasteiger partial charge in [0.2, 0.25) is 5.91 Å². The van der Waals surface area contributed by atoms with Crippen LogP contribution in [0.25, 0.3) is 10.9 Å². The number of amides is 2. The lowest BCUT2D eigenvalue weighted by atomic mass is 9.95. The summed E-state index contributed by atoms with van der Waals surface area (Å²) in [5.74, 6) is -0.176. The smallest absolute Gasteiger partial charge is 0.255 e. The van der Waals surface area contributed by atoms with E-state index in [-0.39, 0.29) is 30.4 Å². The van der Waals surface area contributed by atoms with E-state index < -0.39 is 0 Å². The molecule has 0 spiro atoms. The maximum Gasteiger partial charge on any atom is 0.255 e. The number of aryl methyl sites for hydroxylation is 1. The maximum absolute atomic E-state index is 13.4. The fourth-order valence-corrected chi connectivity index (χ4v) is 4.99. The number of nitrogens with one attached hydrogen (secondary N) is 1. The van der Waals surface area contributed by atoms with Crippen molar-refractivity contribution in [3.05, 3.63) is 70.9 Å². The molecule has 5 nitrogen and oxygen atoms in total. The van der Waals surface area contributed by atoms with Crippen LogP contribution in [0.2, 0.25) is 0 Å². The van der Waals surface area contributed by atoms with Gasteiger partial charge in [-0.15, -0.1) is 0 Å². The molecule has 1 N–H and O–H groups in total. The Morgan fingerprint density at radius 3 is 2.59 bits per heavy atom. The number of rotatable bonds is 8. The zero-order chi connectivity index (χ0) is 22.8. The average Bonchev–Trinajstić information content (AvgIpc) is 3.19. The number of carbonyl (C=O) groups excluding carboxylic acids is 2. The first-order valence-corrected chi connectivity index (χ1v) is 11.7. The molecule has 0 saturated carbocycles. The van der Waals surface area contributed by atoms with Crippen LogP contribution in [-0.4, -0.2) is 33.9 Å². The molecule has 32 heavy (non-hydrogen) atoms. The Kier molecular flexibility index (Phi) is 6.35. The predicted octanol–water partition coefficient (Wildman–Crippen LogP) is 5.12. The number of nitrogens with zero attached hydrogens (tertiary/aromatic N) is 2. The lowest BCUT2D eigenvalue weighted by Crippen LogP contribution is -2.42. The lowest BCUT2D eigenvalue weighted by molar-refractivity contribution is -0.122. The van der Waals surface area contributed by atoms with Gasteiger partial charge in [0.1, 0.15) is 6.54 Å². The van der Waals surface area contributed by atoms with E-state index in [1.807, 2.05) is 43.3 Å². The van der Waals surface area contributed by atoms with Crippen molar-refractivity contribution in [1.29, 1.82) is 0 Å². The summed E-state index contributed by atoms with van der Waals surface area (Å²) in [5, 5.41) is 4.23. The first-order chi connectivity index (χ1) is 15.4. The first kappa shape index (κ1) is 22.1. The summed E-state index contributed by atoms with van der Waals surface area (Å²) in [6.07, 6.45) is 4.39. The number of hydrogen-bond acceptors (Lipinski definition) is 2. The van der Waals surface area contributed by atoms with Gasteiger partial charge in [0.05, 0.1) is 6.04 Å². The van der Waals surface area contributed by atoms with Crippen LogP contribution in [0.5, 0.6) is 0 Å². The second-order valence-corrected chi connectivity index (χ2v) is 8.96. The number of aromatic nitrogens is 1. The molecule has 0 aliphatic carbocycles. The summed E-state index contributed by atoms with van der Waals surface area (Å²) in [6.45, 7) is 6.36. The lowest BCUT2D eigenvalue weighted by Gasteiger charge is -2.26. The highest BCUT2D eigenvalue weighted by atomic mass is 16.2. The molecule has 0 radical (unpaired) electrons. The average molecular weight is 432 g/mol. The standard InChI is InChI=1S/C27H33N3O2/c1-5-6-7-12-18(2)28-24(31)17-30-26(20-13-8-9-14-21(20)27(30)32)25-19(3)29(4)23-16-11-10-15-22(23)25/h8-11,13-16,18,26H,5-7,12,17H2,1-4H3,(H,28,31). The van der Waals surface area contributed by atoms with Gasteiger partial charge in [-0.2, -0.15) is 0 Å². The summed E-state index contributed by atoms with van der Waals surface area (Å²) < 4.78 is 2.17. The number of para-hydroxylation sites is 1. The molecule has 2 unspecified atom stereocenters. The van der Waals surface area contributed by atoms with Crippen LogP contribution >= 0.6 is 0 Å². The third-order valence-corrected chi connectivity index (χ3v) is 6.74. The second kappa shape index (κ2) is 9.19. The topological polar surface area (TPSA) is 54.3 Å². The summed E-state index contributed by atoms with van der Waals surface area (Å²) in [4.78, 5) is 28.1. The van der Waals surface area contributed by atoms with E-state index in [0.717, 1.165) is 47.0 Å². The molecule has 1 aliphatic rings. The quantitative estimate of drug-likeness (QED) is 0.504. The fourth-order valence-electron chi connectivity index (χ4n) is 4.99. The highest BCUT2D eigenvalue weighted by Gasteiger charge is 2.40. The number of unbranched alkanes of at least 4 members (excludes halogenated alkanes) is 2. The second-order valence-electron chi connectivity index (χ2n) is 8.96. The number of hydrogen-bond donors (Lipinski definition) is 1. The molecule has 0 saturated heterocycles. The maximum atomic E-state index is 13.4. The van der Waals surface area contributed by atoms with E-state index in [1.54, 1.807) is 4.90 Å². The van der Waals surface area contributed by atoms with E-state index in [9.17, 15) is 9.59 Å². The van der Waals surface area contributed by atoms with Crippen molar-refractivity contribution in [2.45, 2.75) is 58.5 Å². The minimum atomic E-state index is -0.272. The van der Waals surface area contributed by atoms with E-state index >= 15 is 0 Å². The summed E-state index contributed by atoms with van der Waals surface area (Å²) >= 11 is 0. The molecule has 1 aliphatic heterocycles. The van der Waals surface area contributed by atoms with E-state index in [2.05, 4.69) is 42.9 Å². The summed E-state index contributed by atoms with van der Waals surface area (Å²) in [7, 11) is 2.05. The molecular formula is C27H33N3O2. The van der Waals surface area contributed by atoms with Crippen LogP contribution in [0.15, 0.2) is 48.5 Å². The Morgan fingerprint density at radius 2 is 1.81 bits per heavy atom. The van der Waals surface area contributed by atoms with Gasteiger partial charge < -0.3 is 14.8 Å². The Balaban J connectivity index is 1.68. The van der Waals surface area contributed by atoms with Gasteiger partial charge in [-0.1, -0.05) is 62.6 Å². The highest BCUT2D eigenvalue weighted by Crippen LogP contribution is 2.43. The van der Waals surface area contributed by atoms with Gasteiger partial charge in [0.25, 0.3) is 5.91 Å². The number of carbonyl (C=O) groups is 2. The van der Waals surface area contributed by atoms with Crippen LogP contribution in [0.4, 0.5) is 0 Å². The Hall–Kier alpha value is -3.08. The van der Waals surface area contributed by atoms with Gasteiger partial charge in [-0.05, 0) is 38.0 Å². The highest BCUT2D eigenvalue weighted by molar-refractivity contribution is 6.02. The summed E-state index contributed by atoms with van der Waals surface area (Å²) in [5.41, 5.74) is 5.00. The normalized spacial score (nSPS) is 16.4. The molecule has 0 bridgehead atoms. The van der Waals surface area contributed by atoms with Crippen molar-refractivity contribution in [2.75, 3.05) is 6.54 Å². The Morgan fingerprint density at radius 1 is 1.09 bits per heavy atom. The van der Waals surface area contributed by atoms with Crippen molar-refractivity contribution in [2.24, 2.45) is 7.05 Å². The van der Waals surface area contributed by atoms with Crippen molar-refractivity contribution < 1.29 is 9.59 Å². The van der Waals surface area contributed by atoms with Crippen LogP contribution in [0.3, 0.4) is 0 Å². The largest absolute Gasteiger partial charge is 0.352 e. The van der Waals surface area contributed by atoms with E-state index in [4.69, 9.17) is 0 Å². The van der Waals surface area contributed by atoms with Gasteiger partial charge in [0.15, 0.2) is 0 Å². The minimum Gasteiger partial charge on any atom is -0.352 e. The molecule has 1 aromatic heterocycles. The van der Waals surface area contributed by atoms with Crippen LogP contribution < -0.4 is 5.32 Å². The molecule has 2 aromatic carbocycles. The van der Waals surface area contributed by atoms with Crippen molar-refractivity contribution in [3.63, 3.8) is 0 Å². The molecular weight excluding hydrogens is 398 g/mol. The molecule has 4 rings (SSSR count). The van der Waals surface area contributed by atoms with Crippen LogP contribution in [0, 0.1) is 6.92 Å². The SMILES string of the molecule is CCCCCC(C)NC(=O)CN1C(=O)c2ccccc2C1c1c(C)n(C)c2ccccc12. The Labute approximate surface area is 190 Å². The van der Waals surface area contributed by atoms with Crippen molar-refractivity contribution in [1.82, 2.24) is 14.8 Å². The fraction of sp³-hybridized carbons (Fsp3) is 0.407. The zero-order valence-electron chi connectivity index (χ0n) is 19.5. The van der Waals surface area contributed by atoms with Crippen LogP contribution in [-0.2, 0) is 11.8 Å². The van der Waals surface area contributed by atoms with E-state index in [0.29, 0.717) is 5.56 Å². The predicted molar refractivity (Wildman–Crippen MR) is 129 cm³/mol. The summed E-state index contributed by atoms with van der Waals surface area (Å²) in [6, 6.07) is 15.9. The molecule has 5 heteroatoms. The Bertz CT molecular complexity index is 1150. The third-order valence-electron chi connectivity index (χ3n) is 6.74. The number of fused-ring (bicyclic) bond motifs is 2. The molecule has 2 heterocycles. The number of benzene rings is 2. The van der Waals surface area contributed by atoms with E-state index in [1.165, 1.54) is 6.42 Å². The molecule has 2 amide bonds. The van der Waals surface area contributed by atoms with Gasteiger partial charge in [-0.3, -0.25) is 9.59 Å². The van der Waals surface area contributed by atoms with Gasteiger partial charge >= 0.3 is 0 Å². The van der Waals surface area contributed by atoms with Crippen molar-refractivity contribution >= 4 is 22.7 Å². The third kappa shape index (κ3) is 3.92. The van der Waals surface area contributed by atoms with Crippen molar-refractivity contribution in [3.8, 4) is 0 Å². The molecule has 2 atom stereocenters.